The molecule has 0 aliphatic carbocycles. The highest BCUT2D eigenvalue weighted by atomic mass is 16.7. The Morgan fingerprint density at radius 1 is 0.676 bits per heavy atom. The molecular formula is C18H32O16. The summed E-state index contributed by atoms with van der Waals surface area (Å²) < 4.78 is 15.1. The zero-order valence-electron chi connectivity index (χ0n) is 17.8. The lowest BCUT2D eigenvalue weighted by molar-refractivity contribution is -0.448. The Bertz CT molecular complexity index is 724. The van der Waals surface area contributed by atoms with E-state index in [9.17, 15) is 66.4 Å². The highest BCUT2D eigenvalue weighted by molar-refractivity contribution is 5.27. The Morgan fingerprint density at radius 3 is 1.79 bits per heavy atom. The molecule has 3 aliphatic rings. The summed E-state index contributed by atoms with van der Waals surface area (Å²) in [7, 11) is 0. The van der Waals surface area contributed by atoms with E-state index in [1.54, 1.807) is 0 Å². The van der Waals surface area contributed by atoms with E-state index in [-0.39, 0.29) is 0 Å². The minimum Gasteiger partial charge on any atom is -0.394 e. The van der Waals surface area contributed by atoms with Crippen molar-refractivity contribution in [2.75, 3.05) is 33.0 Å². The lowest BCUT2D eigenvalue weighted by Gasteiger charge is -2.64. The van der Waals surface area contributed by atoms with Gasteiger partial charge in [-0.2, -0.15) is 0 Å². The molecule has 13 N–H and O–H groups in total. The van der Waals surface area contributed by atoms with Gasteiger partial charge in [0.2, 0.25) is 0 Å². The van der Waals surface area contributed by atoms with E-state index in [4.69, 9.17) is 14.2 Å². The van der Waals surface area contributed by atoms with Gasteiger partial charge in [0.25, 0.3) is 0 Å². The van der Waals surface area contributed by atoms with Crippen LogP contribution in [0.3, 0.4) is 0 Å². The molecule has 3 saturated heterocycles. The zero-order chi connectivity index (χ0) is 25.9. The van der Waals surface area contributed by atoms with E-state index < -0.39 is 111 Å². The van der Waals surface area contributed by atoms with Crippen LogP contribution in [0.5, 0.6) is 0 Å². The third-order valence-corrected chi connectivity index (χ3v) is 7.33. The summed E-state index contributed by atoms with van der Waals surface area (Å²) >= 11 is 0. The Labute approximate surface area is 192 Å². The summed E-state index contributed by atoms with van der Waals surface area (Å²) in [6.07, 6.45) is -20.4. The molecule has 0 bridgehead atoms. The molecule has 0 unspecified atom stereocenters. The van der Waals surface area contributed by atoms with Crippen LogP contribution in [-0.2, 0) is 14.2 Å². The Balaban J connectivity index is 2.18. The molecule has 0 spiro atoms. The molecule has 16 heteroatoms. The first-order chi connectivity index (χ1) is 15.7. The van der Waals surface area contributed by atoms with Gasteiger partial charge in [-0.15, -0.1) is 0 Å². The smallest absolute Gasteiger partial charge is 0.190 e. The molecule has 0 radical (unpaired) electrons. The standard InChI is InChI=1S/C18H32O16/c19-1-7-10(23)12(25)15(28,5-33-7)17(30)9(3-21)34-14(27)18(31,13(17)26)16(29)8(2-20)32-4-6(22)11(16)24/h6-14,19-31H,1-5H2/t6-,7+,8+,9+,10+,11+,12-,13-,14-,15+,16-,17+,18+/m0/s1. The van der Waals surface area contributed by atoms with Crippen molar-refractivity contribution in [3.05, 3.63) is 0 Å². The second-order valence-corrected chi connectivity index (χ2v) is 8.95. The van der Waals surface area contributed by atoms with Crippen molar-refractivity contribution in [1.29, 1.82) is 0 Å². The average Bonchev–Trinajstić information content (AvgIpc) is 2.82. The highest BCUT2D eigenvalue weighted by Crippen LogP contribution is 2.51. The SMILES string of the molecule is OC[C@H]1OC[C@](O)([C@]2(O)[C@H](O)[C@](O)([C@@]3(O)[C@H](O)[C@@H](O)CO[C@@H]3CO)[C@@H](O)O[C@@H]2CO)[C@@H](O)[C@@H]1O. The van der Waals surface area contributed by atoms with E-state index >= 15 is 0 Å². The maximum Gasteiger partial charge on any atom is 0.190 e. The average molecular weight is 504 g/mol. The van der Waals surface area contributed by atoms with Gasteiger partial charge in [-0.1, -0.05) is 0 Å². The fourth-order valence-electron chi connectivity index (χ4n) is 5.14. The summed E-state index contributed by atoms with van der Waals surface area (Å²) in [6, 6.07) is 0. The normalized spacial score (nSPS) is 56.9. The molecule has 3 rings (SSSR count). The molecule has 3 aliphatic heterocycles. The summed E-state index contributed by atoms with van der Waals surface area (Å²) in [4.78, 5) is 0. The second kappa shape index (κ2) is 9.34. The third-order valence-electron chi connectivity index (χ3n) is 7.33. The van der Waals surface area contributed by atoms with Crippen molar-refractivity contribution < 1.29 is 80.6 Å². The number of rotatable bonds is 5. The molecule has 34 heavy (non-hydrogen) atoms. The van der Waals surface area contributed by atoms with Gasteiger partial charge in [0.15, 0.2) is 28.7 Å². The van der Waals surface area contributed by atoms with Crippen LogP contribution in [0.2, 0.25) is 0 Å². The van der Waals surface area contributed by atoms with E-state index in [1.165, 1.54) is 0 Å². The van der Waals surface area contributed by atoms with Crippen LogP contribution in [0.4, 0.5) is 0 Å². The molecule has 0 saturated carbocycles. The van der Waals surface area contributed by atoms with Gasteiger partial charge in [0, 0.05) is 0 Å². The van der Waals surface area contributed by atoms with Crippen molar-refractivity contribution in [1.82, 2.24) is 0 Å². The maximum atomic E-state index is 11.5. The predicted molar refractivity (Wildman–Crippen MR) is 101 cm³/mol. The number of hydrogen-bond donors (Lipinski definition) is 13. The number of ether oxygens (including phenoxy) is 3. The van der Waals surface area contributed by atoms with Gasteiger partial charge in [0.05, 0.1) is 33.0 Å². The van der Waals surface area contributed by atoms with Gasteiger partial charge in [-0.3, -0.25) is 0 Å². The molecule has 3 fully saturated rings. The van der Waals surface area contributed by atoms with Crippen molar-refractivity contribution in [2.24, 2.45) is 0 Å². The van der Waals surface area contributed by atoms with Crippen LogP contribution in [0.1, 0.15) is 0 Å². The van der Waals surface area contributed by atoms with E-state index in [0.29, 0.717) is 0 Å². The predicted octanol–water partition coefficient (Wildman–Crippen LogP) is -8.79. The lowest BCUT2D eigenvalue weighted by atomic mass is 9.58. The van der Waals surface area contributed by atoms with Crippen molar-refractivity contribution >= 4 is 0 Å². The van der Waals surface area contributed by atoms with Crippen LogP contribution >= 0.6 is 0 Å². The molecule has 200 valence electrons. The first kappa shape index (κ1) is 27.9. The van der Waals surface area contributed by atoms with E-state index in [2.05, 4.69) is 0 Å². The summed E-state index contributed by atoms with van der Waals surface area (Å²) in [5.74, 6) is 0. The van der Waals surface area contributed by atoms with Gasteiger partial charge in [-0.25, -0.2) is 0 Å². The Hall–Kier alpha value is -0.640. The summed E-state index contributed by atoms with van der Waals surface area (Å²) in [5.41, 5.74) is -13.8. The second-order valence-electron chi connectivity index (χ2n) is 8.95. The van der Waals surface area contributed by atoms with Gasteiger partial charge < -0.3 is 80.6 Å². The van der Waals surface area contributed by atoms with Crippen LogP contribution in [0, 0.1) is 0 Å². The fourth-order valence-corrected chi connectivity index (χ4v) is 5.14. The number of aliphatic hydroxyl groups excluding tert-OH is 9. The topological polar surface area (TPSA) is 291 Å². The minimum atomic E-state index is -3.68. The van der Waals surface area contributed by atoms with E-state index in [0.717, 1.165) is 0 Å². The number of hydrogen-bond acceptors (Lipinski definition) is 16. The molecular weight excluding hydrogens is 472 g/mol. The van der Waals surface area contributed by atoms with E-state index in [1.807, 2.05) is 0 Å². The monoisotopic (exact) mass is 504 g/mol. The zero-order valence-corrected chi connectivity index (χ0v) is 17.8. The first-order valence-corrected chi connectivity index (χ1v) is 10.4. The molecule has 13 atom stereocenters. The summed E-state index contributed by atoms with van der Waals surface area (Å²) in [6.45, 7) is -5.07. The molecule has 0 aromatic rings. The van der Waals surface area contributed by atoms with Gasteiger partial charge in [0.1, 0.15) is 48.8 Å². The lowest BCUT2D eigenvalue weighted by Crippen LogP contribution is -2.90. The quantitative estimate of drug-likeness (QED) is 0.165. The Morgan fingerprint density at radius 2 is 1.26 bits per heavy atom. The van der Waals surface area contributed by atoms with Crippen molar-refractivity contribution in [2.45, 2.75) is 77.5 Å². The fraction of sp³-hybridized carbons (Fsp3) is 1.00. The Kier molecular flexibility index (Phi) is 7.68. The van der Waals surface area contributed by atoms with Crippen molar-refractivity contribution in [3.8, 4) is 0 Å². The molecule has 3 heterocycles. The molecule has 16 nitrogen and oxygen atoms in total. The van der Waals surface area contributed by atoms with Crippen molar-refractivity contribution in [3.63, 3.8) is 0 Å². The highest BCUT2D eigenvalue weighted by Gasteiger charge is 2.79. The van der Waals surface area contributed by atoms with Crippen LogP contribution in [-0.4, -0.2) is 177 Å². The number of aliphatic hydroxyl groups is 13. The van der Waals surface area contributed by atoms with Crippen LogP contribution < -0.4 is 0 Å². The third kappa shape index (κ3) is 3.39. The molecule has 0 aromatic carbocycles. The first-order valence-electron chi connectivity index (χ1n) is 10.4. The maximum absolute atomic E-state index is 11.5. The van der Waals surface area contributed by atoms with Crippen LogP contribution in [0.25, 0.3) is 0 Å². The van der Waals surface area contributed by atoms with Crippen LogP contribution in [0.15, 0.2) is 0 Å². The largest absolute Gasteiger partial charge is 0.394 e. The summed E-state index contributed by atoms with van der Waals surface area (Å²) in [5, 5.41) is 137. The minimum absolute atomic E-state index is 0.660. The molecule has 0 amide bonds. The van der Waals surface area contributed by atoms with Gasteiger partial charge >= 0.3 is 0 Å². The molecule has 0 aromatic heterocycles. The van der Waals surface area contributed by atoms with Gasteiger partial charge in [-0.05, 0) is 0 Å².